The van der Waals surface area contributed by atoms with Crippen molar-refractivity contribution >= 4 is 96.2 Å². The van der Waals surface area contributed by atoms with Crippen molar-refractivity contribution in [2.75, 3.05) is 14.2 Å². The molecule has 4 aromatic rings. The van der Waals surface area contributed by atoms with Crippen LogP contribution in [-0.4, -0.2) is 51.0 Å². The van der Waals surface area contributed by atoms with Crippen LogP contribution in [-0.2, 0) is 0 Å². The van der Waals surface area contributed by atoms with Gasteiger partial charge in [-0.15, -0.1) is 0 Å². The van der Waals surface area contributed by atoms with Gasteiger partial charge in [0.2, 0.25) is 0 Å². The van der Waals surface area contributed by atoms with Gasteiger partial charge in [-0.3, -0.25) is 0 Å². The molecule has 0 saturated heterocycles. The summed E-state index contributed by atoms with van der Waals surface area (Å²) in [7, 11) is 3.60. The summed E-state index contributed by atoms with van der Waals surface area (Å²) in [6, 6.07) is 9.46. The summed E-state index contributed by atoms with van der Waals surface area (Å²) in [6.07, 6.45) is 0. The van der Waals surface area contributed by atoms with Crippen molar-refractivity contribution in [1.29, 1.82) is 0 Å². The Labute approximate surface area is 183 Å². The van der Waals surface area contributed by atoms with Crippen molar-refractivity contribution in [3.05, 3.63) is 24.3 Å². The summed E-state index contributed by atoms with van der Waals surface area (Å²) in [5, 5.41) is 4.93. The standard InChI is InChI=1S/C16H10O2S2.6CH3.2Sn/c1-17-13-11-7-10-4-6-20-16(10)14(18-2)12(11)8-9-3-5-19-15(9)13;;;;;;;;/h3-4,7-8H,1-2H3;6*1H3;;. The molecule has 6 heteroatoms. The molecule has 0 unspecified atom stereocenters. The van der Waals surface area contributed by atoms with E-state index < -0.39 is 36.8 Å². The van der Waals surface area contributed by atoms with Crippen LogP contribution < -0.4 is 15.3 Å². The van der Waals surface area contributed by atoms with Crippen LogP contribution in [0.15, 0.2) is 24.3 Å². The fraction of sp³-hybridized carbons (Fsp3) is 0.364. The van der Waals surface area contributed by atoms with Gasteiger partial charge in [-0.1, -0.05) is 0 Å². The van der Waals surface area contributed by atoms with Crippen LogP contribution in [0.4, 0.5) is 0 Å². The topological polar surface area (TPSA) is 18.5 Å². The number of hydrogen-bond acceptors (Lipinski definition) is 4. The molecule has 0 atom stereocenters. The van der Waals surface area contributed by atoms with Gasteiger partial charge in [-0.25, -0.2) is 0 Å². The quantitative estimate of drug-likeness (QED) is 0.245. The van der Waals surface area contributed by atoms with Crippen molar-refractivity contribution in [3.8, 4) is 11.5 Å². The van der Waals surface area contributed by atoms with Gasteiger partial charge in [0.1, 0.15) is 0 Å². The SMILES string of the molecule is COc1c2cc3c[c]([Sn]([CH3])([CH3])[CH3])sc3c(OC)c2cc2c[c]([Sn]([CH3])([CH3])[CH3])sc12. The first-order valence-electron chi connectivity index (χ1n) is 9.60. The van der Waals surface area contributed by atoms with E-state index >= 15 is 0 Å². The van der Waals surface area contributed by atoms with Gasteiger partial charge in [0.05, 0.1) is 0 Å². The van der Waals surface area contributed by atoms with Crippen LogP contribution in [0.5, 0.6) is 11.5 Å². The zero-order valence-corrected chi connectivity index (χ0v) is 25.3. The molecular formula is C22H28O2S2Sn2. The molecule has 0 amide bonds. The van der Waals surface area contributed by atoms with E-state index in [0.29, 0.717) is 0 Å². The average Bonchev–Trinajstić information content (AvgIpc) is 3.20. The Bertz CT molecular complexity index is 1110. The molecule has 0 aliphatic rings. The summed E-state index contributed by atoms with van der Waals surface area (Å²) >= 11 is -0.399. The zero-order valence-electron chi connectivity index (χ0n) is 17.9. The molecule has 0 radical (unpaired) electrons. The van der Waals surface area contributed by atoms with Crippen molar-refractivity contribution < 1.29 is 9.47 Å². The molecule has 2 heterocycles. The fourth-order valence-corrected chi connectivity index (χ4v) is 16.4. The van der Waals surface area contributed by atoms with E-state index in [4.69, 9.17) is 9.47 Å². The number of benzene rings is 2. The van der Waals surface area contributed by atoms with Gasteiger partial charge in [0, 0.05) is 0 Å². The van der Waals surface area contributed by atoms with Crippen LogP contribution in [0.1, 0.15) is 0 Å². The summed E-state index contributed by atoms with van der Waals surface area (Å²) in [5.74, 6) is 2.01. The van der Waals surface area contributed by atoms with Crippen LogP contribution in [0, 0.1) is 0 Å². The Morgan fingerprint density at radius 3 is 1.25 bits per heavy atom. The third kappa shape index (κ3) is 3.46. The maximum atomic E-state index is 5.98. The molecule has 0 N–H and O–H groups in total. The van der Waals surface area contributed by atoms with E-state index in [9.17, 15) is 0 Å². The summed E-state index contributed by atoms with van der Waals surface area (Å²) in [4.78, 5) is 14.8. The average molecular weight is 626 g/mol. The van der Waals surface area contributed by atoms with Crippen LogP contribution in [0.2, 0.25) is 29.6 Å². The first-order chi connectivity index (χ1) is 13.0. The first kappa shape index (κ1) is 21.1. The summed E-state index contributed by atoms with van der Waals surface area (Å²) < 4.78 is 17.7. The van der Waals surface area contributed by atoms with Crippen molar-refractivity contribution in [2.45, 2.75) is 29.6 Å². The second-order valence-electron chi connectivity index (χ2n) is 9.47. The van der Waals surface area contributed by atoms with Crippen LogP contribution >= 0.6 is 22.7 Å². The Morgan fingerprint density at radius 1 is 0.607 bits per heavy atom. The van der Waals surface area contributed by atoms with Gasteiger partial charge in [-0.05, 0) is 0 Å². The van der Waals surface area contributed by atoms with E-state index in [-0.39, 0.29) is 0 Å². The maximum absolute atomic E-state index is 5.98. The van der Waals surface area contributed by atoms with Gasteiger partial charge in [-0.2, -0.15) is 0 Å². The van der Waals surface area contributed by atoms with E-state index in [1.165, 1.54) is 30.9 Å². The molecule has 0 fully saturated rings. The molecular weight excluding hydrogens is 598 g/mol. The molecule has 2 aromatic heterocycles. The van der Waals surface area contributed by atoms with E-state index in [2.05, 4.69) is 53.9 Å². The molecule has 4 rings (SSSR count). The Kier molecular flexibility index (Phi) is 5.42. The van der Waals surface area contributed by atoms with E-state index in [0.717, 1.165) is 11.5 Å². The number of rotatable bonds is 4. The predicted molar refractivity (Wildman–Crippen MR) is 134 cm³/mol. The molecule has 2 nitrogen and oxygen atoms in total. The zero-order chi connectivity index (χ0) is 20.4. The number of ether oxygens (including phenoxy) is 2. The predicted octanol–water partition coefficient (Wildman–Crippen LogP) is 6.38. The van der Waals surface area contributed by atoms with Crippen molar-refractivity contribution in [3.63, 3.8) is 0 Å². The third-order valence-corrected chi connectivity index (χ3v) is 26.4. The normalized spacial score (nSPS) is 13.0. The molecule has 0 aliphatic carbocycles. The molecule has 0 bridgehead atoms. The molecule has 0 aliphatic heterocycles. The fourth-order valence-electron chi connectivity index (χ4n) is 3.61. The number of thiophene rings is 2. The monoisotopic (exact) mass is 628 g/mol. The second-order valence-corrected chi connectivity index (χ2v) is 42.4. The van der Waals surface area contributed by atoms with Gasteiger partial charge in [0.15, 0.2) is 0 Å². The minimum atomic E-state index is -2.14. The van der Waals surface area contributed by atoms with Crippen LogP contribution in [0.3, 0.4) is 0 Å². The number of methoxy groups -OCH3 is 2. The summed E-state index contributed by atoms with van der Waals surface area (Å²) in [6.45, 7) is 0. The Balaban J connectivity index is 2.14. The second kappa shape index (κ2) is 7.20. The molecule has 0 saturated carbocycles. The Hall–Kier alpha value is -0.183. The summed E-state index contributed by atoms with van der Waals surface area (Å²) in [5.41, 5.74) is 0. The number of hydrogen-bond donors (Lipinski definition) is 0. The Morgan fingerprint density at radius 2 is 0.964 bits per heavy atom. The van der Waals surface area contributed by atoms with E-state index in [1.54, 1.807) is 20.0 Å². The molecule has 2 aromatic carbocycles. The minimum absolute atomic E-state index is 1.01. The van der Waals surface area contributed by atoms with E-state index in [1.807, 2.05) is 22.7 Å². The molecule has 148 valence electrons. The third-order valence-electron chi connectivity index (χ3n) is 5.20. The van der Waals surface area contributed by atoms with Gasteiger partial charge < -0.3 is 0 Å². The first-order valence-corrected chi connectivity index (χ1v) is 31.2. The van der Waals surface area contributed by atoms with Gasteiger partial charge in [0.25, 0.3) is 0 Å². The van der Waals surface area contributed by atoms with Crippen molar-refractivity contribution in [2.24, 2.45) is 0 Å². The van der Waals surface area contributed by atoms with Gasteiger partial charge >= 0.3 is 185 Å². The molecule has 28 heavy (non-hydrogen) atoms. The van der Waals surface area contributed by atoms with Crippen molar-refractivity contribution in [1.82, 2.24) is 0 Å². The number of fused-ring (bicyclic) bond motifs is 3. The molecule has 0 spiro atoms. The van der Waals surface area contributed by atoms with Crippen LogP contribution in [0.25, 0.3) is 30.9 Å².